The standard InChI is InChI=1S/C17H14N2O5/c20-9-10-23-14-5-6-15-16(11-14)18-8-7-17(15)24-13-3-1-12(2-4-13)19(21)22/h1-8,11,20H,9-10H2. The van der Waals surface area contributed by atoms with Crippen LogP contribution in [0, 0.1) is 10.1 Å². The SMILES string of the molecule is O=[N+]([O-])c1ccc(Oc2ccnc3cc(OCCO)ccc23)cc1. The number of fused-ring (bicyclic) bond motifs is 1. The minimum Gasteiger partial charge on any atom is -0.491 e. The Labute approximate surface area is 137 Å². The maximum Gasteiger partial charge on any atom is 0.269 e. The van der Waals surface area contributed by atoms with E-state index in [-0.39, 0.29) is 18.9 Å². The number of nitrogens with zero attached hydrogens (tertiary/aromatic N) is 2. The zero-order chi connectivity index (χ0) is 16.9. The van der Waals surface area contributed by atoms with Crippen molar-refractivity contribution in [3.63, 3.8) is 0 Å². The molecule has 0 bridgehead atoms. The number of aromatic nitrogens is 1. The summed E-state index contributed by atoms with van der Waals surface area (Å²) < 4.78 is 11.2. The fraction of sp³-hybridized carbons (Fsp3) is 0.118. The normalized spacial score (nSPS) is 10.5. The van der Waals surface area contributed by atoms with Gasteiger partial charge in [-0.1, -0.05) is 0 Å². The van der Waals surface area contributed by atoms with E-state index < -0.39 is 4.92 Å². The molecule has 1 heterocycles. The van der Waals surface area contributed by atoms with E-state index in [0.717, 1.165) is 5.39 Å². The Bertz CT molecular complexity index is 864. The van der Waals surface area contributed by atoms with E-state index in [9.17, 15) is 10.1 Å². The first-order valence-electron chi connectivity index (χ1n) is 7.22. The highest BCUT2D eigenvalue weighted by Crippen LogP contribution is 2.31. The first kappa shape index (κ1) is 15.7. The van der Waals surface area contributed by atoms with Gasteiger partial charge >= 0.3 is 0 Å². The van der Waals surface area contributed by atoms with Gasteiger partial charge in [-0.15, -0.1) is 0 Å². The summed E-state index contributed by atoms with van der Waals surface area (Å²) in [6.45, 7) is 0.152. The Morgan fingerprint density at radius 3 is 2.54 bits per heavy atom. The minimum absolute atomic E-state index is 0.00705. The summed E-state index contributed by atoms with van der Waals surface area (Å²) in [4.78, 5) is 14.5. The van der Waals surface area contributed by atoms with Crippen LogP contribution in [-0.2, 0) is 0 Å². The van der Waals surface area contributed by atoms with Gasteiger partial charge in [0.1, 0.15) is 23.9 Å². The van der Waals surface area contributed by atoms with Gasteiger partial charge in [0.2, 0.25) is 0 Å². The Hall–Kier alpha value is -3.19. The van der Waals surface area contributed by atoms with Gasteiger partial charge in [-0.2, -0.15) is 0 Å². The van der Waals surface area contributed by atoms with Gasteiger partial charge in [-0.3, -0.25) is 15.1 Å². The predicted octanol–water partition coefficient (Wildman–Crippen LogP) is 3.31. The number of ether oxygens (including phenoxy) is 2. The lowest BCUT2D eigenvalue weighted by Crippen LogP contribution is -2.01. The lowest BCUT2D eigenvalue weighted by atomic mass is 10.2. The average molecular weight is 326 g/mol. The van der Waals surface area contributed by atoms with Gasteiger partial charge in [0.25, 0.3) is 5.69 Å². The van der Waals surface area contributed by atoms with Crippen LogP contribution in [0.3, 0.4) is 0 Å². The Morgan fingerprint density at radius 1 is 1.08 bits per heavy atom. The maximum atomic E-state index is 10.7. The number of nitro groups is 1. The van der Waals surface area contributed by atoms with Gasteiger partial charge < -0.3 is 14.6 Å². The van der Waals surface area contributed by atoms with Crippen LogP contribution < -0.4 is 9.47 Å². The van der Waals surface area contributed by atoms with Crippen molar-refractivity contribution in [2.24, 2.45) is 0 Å². The second-order valence-corrected chi connectivity index (χ2v) is 4.91. The van der Waals surface area contributed by atoms with Crippen molar-refractivity contribution in [2.45, 2.75) is 0 Å². The summed E-state index contributed by atoms with van der Waals surface area (Å²) in [6.07, 6.45) is 1.61. The van der Waals surface area contributed by atoms with Crippen molar-refractivity contribution in [1.82, 2.24) is 4.98 Å². The second-order valence-electron chi connectivity index (χ2n) is 4.91. The average Bonchev–Trinajstić information content (AvgIpc) is 2.60. The first-order chi connectivity index (χ1) is 11.7. The molecule has 0 saturated heterocycles. The van der Waals surface area contributed by atoms with Crippen molar-refractivity contribution in [3.8, 4) is 17.2 Å². The van der Waals surface area contributed by atoms with E-state index in [1.54, 1.807) is 36.5 Å². The van der Waals surface area contributed by atoms with E-state index in [2.05, 4.69) is 4.98 Å². The van der Waals surface area contributed by atoms with Gasteiger partial charge in [0, 0.05) is 29.8 Å². The van der Waals surface area contributed by atoms with Gasteiger partial charge in [-0.05, 0) is 30.3 Å². The molecular formula is C17H14N2O5. The van der Waals surface area contributed by atoms with Crippen LogP contribution >= 0.6 is 0 Å². The molecule has 2 aromatic carbocycles. The van der Waals surface area contributed by atoms with Crippen molar-refractivity contribution in [3.05, 3.63) is 64.8 Å². The fourth-order valence-electron chi connectivity index (χ4n) is 2.21. The van der Waals surface area contributed by atoms with E-state index in [1.807, 2.05) is 6.07 Å². The molecule has 7 heteroatoms. The number of rotatable bonds is 6. The number of aliphatic hydroxyl groups is 1. The highest BCUT2D eigenvalue weighted by atomic mass is 16.6. The van der Waals surface area contributed by atoms with Crippen molar-refractivity contribution in [1.29, 1.82) is 0 Å². The molecule has 0 unspecified atom stereocenters. The van der Waals surface area contributed by atoms with Gasteiger partial charge in [0.05, 0.1) is 17.0 Å². The highest BCUT2D eigenvalue weighted by Gasteiger charge is 2.08. The van der Waals surface area contributed by atoms with Crippen LogP contribution in [0.4, 0.5) is 5.69 Å². The smallest absolute Gasteiger partial charge is 0.269 e. The van der Waals surface area contributed by atoms with Crippen LogP contribution in [0.2, 0.25) is 0 Å². The molecule has 1 aromatic heterocycles. The van der Waals surface area contributed by atoms with Crippen LogP contribution in [0.25, 0.3) is 10.9 Å². The largest absolute Gasteiger partial charge is 0.491 e. The number of aliphatic hydroxyl groups excluding tert-OH is 1. The molecule has 0 saturated carbocycles. The predicted molar refractivity (Wildman–Crippen MR) is 87.5 cm³/mol. The first-order valence-corrected chi connectivity index (χ1v) is 7.22. The number of pyridine rings is 1. The number of hydrogen-bond donors (Lipinski definition) is 1. The molecule has 3 rings (SSSR count). The summed E-state index contributed by atoms with van der Waals surface area (Å²) in [5, 5.41) is 20.3. The van der Waals surface area contributed by atoms with Crippen LogP contribution in [0.5, 0.6) is 17.2 Å². The third-order valence-corrected chi connectivity index (χ3v) is 3.31. The monoisotopic (exact) mass is 326 g/mol. The molecule has 3 aromatic rings. The van der Waals surface area contributed by atoms with E-state index >= 15 is 0 Å². The van der Waals surface area contributed by atoms with Crippen molar-refractivity contribution < 1.29 is 19.5 Å². The van der Waals surface area contributed by atoms with Gasteiger partial charge in [-0.25, -0.2) is 0 Å². The third-order valence-electron chi connectivity index (χ3n) is 3.31. The molecule has 122 valence electrons. The summed E-state index contributed by atoms with van der Waals surface area (Å²) in [5.41, 5.74) is 0.692. The van der Waals surface area contributed by atoms with Crippen LogP contribution in [0.1, 0.15) is 0 Å². The second kappa shape index (κ2) is 6.93. The topological polar surface area (TPSA) is 94.7 Å². The molecule has 0 aliphatic rings. The molecule has 1 N–H and O–H groups in total. The number of non-ortho nitro benzene ring substituents is 1. The van der Waals surface area contributed by atoms with Gasteiger partial charge in [0.15, 0.2) is 0 Å². The molecule has 0 spiro atoms. The summed E-state index contributed by atoms with van der Waals surface area (Å²) >= 11 is 0. The lowest BCUT2D eigenvalue weighted by Gasteiger charge is -2.10. The van der Waals surface area contributed by atoms with E-state index in [0.29, 0.717) is 22.8 Å². The molecule has 24 heavy (non-hydrogen) atoms. The summed E-state index contributed by atoms with van der Waals surface area (Å²) in [6, 6.07) is 12.9. The van der Waals surface area contributed by atoms with Crippen molar-refractivity contribution >= 4 is 16.6 Å². The maximum absolute atomic E-state index is 10.7. The lowest BCUT2D eigenvalue weighted by molar-refractivity contribution is -0.384. The van der Waals surface area contributed by atoms with Crippen LogP contribution in [0.15, 0.2) is 54.7 Å². The number of hydrogen-bond acceptors (Lipinski definition) is 6. The Kier molecular flexibility index (Phi) is 4.53. The van der Waals surface area contributed by atoms with Crippen molar-refractivity contribution in [2.75, 3.05) is 13.2 Å². The zero-order valence-electron chi connectivity index (χ0n) is 12.6. The molecule has 0 atom stereocenters. The Morgan fingerprint density at radius 2 is 1.83 bits per heavy atom. The minimum atomic E-state index is -0.459. The highest BCUT2D eigenvalue weighted by molar-refractivity contribution is 5.86. The molecule has 0 aliphatic heterocycles. The third kappa shape index (κ3) is 3.41. The van der Waals surface area contributed by atoms with Crippen LogP contribution in [-0.4, -0.2) is 28.2 Å². The molecule has 0 aliphatic carbocycles. The molecule has 0 radical (unpaired) electrons. The summed E-state index contributed by atoms with van der Waals surface area (Å²) in [7, 11) is 0. The summed E-state index contributed by atoms with van der Waals surface area (Å²) in [5.74, 6) is 1.69. The molecule has 0 amide bonds. The van der Waals surface area contributed by atoms with E-state index in [1.165, 1.54) is 12.1 Å². The molecule has 7 nitrogen and oxygen atoms in total. The fourth-order valence-corrected chi connectivity index (χ4v) is 2.21. The number of nitro benzene ring substituents is 1. The zero-order valence-corrected chi connectivity index (χ0v) is 12.6. The number of benzene rings is 2. The van der Waals surface area contributed by atoms with E-state index in [4.69, 9.17) is 14.6 Å². The Balaban J connectivity index is 1.87. The molecule has 0 fully saturated rings. The molecular weight excluding hydrogens is 312 g/mol. The quantitative estimate of drug-likeness (QED) is 0.551.